The largest absolute Gasteiger partial charge is 0.334 e. The Bertz CT molecular complexity index is 1650. The maximum absolute atomic E-state index is 5.62. The molecule has 0 aliphatic carbocycles. The van der Waals surface area contributed by atoms with E-state index < -0.39 is 0 Å². The van der Waals surface area contributed by atoms with Gasteiger partial charge in [0.2, 0.25) is 0 Å². The third-order valence-electron chi connectivity index (χ3n) is 5.88. The van der Waals surface area contributed by atoms with Crippen molar-refractivity contribution in [2.24, 2.45) is 0 Å². The predicted octanol–water partition coefficient (Wildman–Crippen LogP) is 6.23. The monoisotopic (exact) mass is 774 g/mol. The zero-order chi connectivity index (χ0) is 26.0. The van der Waals surface area contributed by atoms with E-state index in [1.54, 1.807) is 36.4 Å². The topological polar surface area (TPSA) is 117 Å². The first kappa shape index (κ1) is 32.5. The van der Waals surface area contributed by atoms with Crippen LogP contribution >= 0.6 is 0 Å². The summed E-state index contributed by atoms with van der Waals surface area (Å²) in [6.07, 6.45) is 0. The fourth-order valence-corrected chi connectivity index (χ4v) is 3.98. The van der Waals surface area contributed by atoms with Gasteiger partial charge in [-0.3, -0.25) is 0 Å². The smallest absolute Gasteiger partial charge is 0.258 e. The van der Waals surface area contributed by atoms with E-state index in [1.165, 1.54) is 0 Å². The van der Waals surface area contributed by atoms with Gasteiger partial charge in [0.05, 0.1) is 0 Å². The van der Waals surface area contributed by atoms with Crippen molar-refractivity contribution in [3.8, 4) is 68.5 Å². The van der Waals surface area contributed by atoms with Crippen molar-refractivity contribution < 1.29 is 112 Å². The molecule has 195 valence electrons. The standard InChI is InChI=1S/C30H15N6O3.3Y/c1-4-10-19(11-5-1)25-31-28(37-34-25)22-16-23(29-32-26(35-38-29)20-12-6-2-7-13-20)18-24(17-22)30-33-27(36-39-30)21-14-8-3-9-15-21;;;/h4-18H;;;/q-3;;;. The van der Waals surface area contributed by atoms with Crippen LogP contribution in [0.2, 0.25) is 0 Å². The molecule has 0 atom stereocenters. The number of hydrogen-bond donors (Lipinski definition) is 0. The van der Waals surface area contributed by atoms with Gasteiger partial charge in [-0.05, 0) is 18.2 Å². The minimum absolute atomic E-state index is 0. The quantitative estimate of drug-likeness (QED) is 0.182. The first-order chi connectivity index (χ1) is 19.3. The normalized spacial score (nSPS) is 10.3. The zero-order valence-electron chi connectivity index (χ0n) is 21.8. The first-order valence-corrected chi connectivity index (χ1v) is 11.9. The molecule has 12 heteroatoms. The summed E-state index contributed by atoms with van der Waals surface area (Å²) in [5.41, 5.74) is 4.28. The van der Waals surface area contributed by atoms with Gasteiger partial charge in [0.15, 0.2) is 17.5 Å². The Labute approximate surface area is 315 Å². The molecule has 0 spiro atoms. The SMILES string of the molecule is [Y].[Y].[Y].[c-]1ccc(-c2noc(-c3cc(-c4nc(-c5cc[c-]cc5)no4)cc(-c4nc(-c5cc[c-]cc5)no4)c3)n2)cc1. The number of hydrogen-bond acceptors (Lipinski definition) is 9. The molecule has 0 amide bonds. The third kappa shape index (κ3) is 7.04. The minimum atomic E-state index is 0. The van der Waals surface area contributed by atoms with Crippen LogP contribution in [0.1, 0.15) is 0 Å². The molecular formula is C30H15N6O3Y3-3. The van der Waals surface area contributed by atoms with E-state index in [0.717, 1.165) is 16.7 Å². The van der Waals surface area contributed by atoms with E-state index in [2.05, 4.69) is 48.6 Å². The van der Waals surface area contributed by atoms with Crippen molar-refractivity contribution in [3.05, 3.63) is 109 Å². The average molecular weight is 774 g/mol. The summed E-state index contributed by atoms with van der Waals surface area (Å²) in [7, 11) is 0. The fraction of sp³-hybridized carbons (Fsp3) is 0. The van der Waals surface area contributed by atoms with Gasteiger partial charge < -0.3 is 13.6 Å². The van der Waals surface area contributed by atoms with Gasteiger partial charge in [-0.1, -0.05) is 32.2 Å². The van der Waals surface area contributed by atoms with E-state index in [-0.39, 0.29) is 98.1 Å². The number of rotatable bonds is 6. The van der Waals surface area contributed by atoms with Gasteiger partial charge in [-0.25, -0.2) is 0 Å². The van der Waals surface area contributed by atoms with Crippen LogP contribution in [0, 0.1) is 18.2 Å². The molecule has 3 heterocycles. The summed E-state index contributed by atoms with van der Waals surface area (Å²) in [4.78, 5) is 13.8. The molecule has 0 saturated heterocycles. The molecular weight excluding hydrogens is 759 g/mol. The van der Waals surface area contributed by atoms with E-state index in [1.807, 2.05) is 54.6 Å². The van der Waals surface area contributed by atoms with E-state index in [9.17, 15) is 0 Å². The Morgan fingerprint density at radius 2 is 0.643 bits per heavy atom. The molecule has 0 aliphatic rings. The van der Waals surface area contributed by atoms with Crippen LogP contribution in [-0.4, -0.2) is 30.4 Å². The molecule has 3 aromatic heterocycles. The van der Waals surface area contributed by atoms with Crippen LogP contribution in [0.25, 0.3) is 68.5 Å². The fourth-order valence-electron chi connectivity index (χ4n) is 3.98. The van der Waals surface area contributed by atoms with E-state index in [4.69, 9.17) is 13.6 Å². The maximum atomic E-state index is 5.62. The minimum Gasteiger partial charge on any atom is -0.334 e. The molecule has 0 aliphatic heterocycles. The number of nitrogens with zero attached hydrogens (tertiary/aromatic N) is 6. The molecule has 0 fully saturated rings. The summed E-state index contributed by atoms with van der Waals surface area (Å²) in [6, 6.07) is 36.4. The molecule has 0 N–H and O–H groups in total. The number of aromatic nitrogens is 6. The summed E-state index contributed by atoms with van der Waals surface area (Å²) < 4.78 is 16.9. The third-order valence-corrected chi connectivity index (χ3v) is 5.88. The summed E-state index contributed by atoms with van der Waals surface area (Å²) in [6.45, 7) is 0. The van der Waals surface area contributed by atoms with Crippen LogP contribution < -0.4 is 0 Å². The second kappa shape index (κ2) is 14.9. The van der Waals surface area contributed by atoms with Crippen molar-refractivity contribution in [1.29, 1.82) is 0 Å². The summed E-state index contributed by atoms with van der Waals surface area (Å²) >= 11 is 0. The van der Waals surface area contributed by atoms with Gasteiger partial charge >= 0.3 is 0 Å². The zero-order valence-corrected chi connectivity index (χ0v) is 30.3. The van der Waals surface area contributed by atoms with Crippen molar-refractivity contribution in [1.82, 2.24) is 30.4 Å². The maximum Gasteiger partial charge on any atom is 0.258 e. The Morgan fingerprint density at radius 1 is 0.381 bits per heavy atom. The van der Waals surface area contributed by atoms with Crippen molar-refractivity contribution in [2.75, 3.05) is 0 Å². The average Bonchev–Trinajstić information content (AvgIpc) is 3.80. The summed E-state index contributed by atoms with van der Waals surface area (Å²) in [5, 5.41) is 12.4. The Hall–Kier alpha value is -2.39. The van der Waals surface area contributed by atoms with Gasteiger partial charge in [0.1, 0.15) is 0 Å². The molecule has 7 rings (SSSR count). The number of benzene rings is 4. The van der Waals surface area contributed by atoms with Gasteiger partial charge in [0.25, 0.3) is 17.7 Å². The van der Waals surface area contributed by atoms with Crippen LogP contribution in [-0.2, 0) is 98.1 Å². The Kier molecular flexibility index (Phi) is 11.5. The predicted molar refractivity (Wildman–Crippen MR) is 139 cm³/mol. The Morgan fingerprint density at radius 3 is 0.905 bits per heavy atom. The van der Waals surface area contributed by atoms with Gasteiger partial charge in [-0.15, -0.1) is 0 Å². The molecule has 0 bridgehead atoms. The molecule has 42 heavy (non-hydrogen) atoms. The van der Waals surface area contributed by atoms with Crippen molar-refractivity contribution in [3.63, 3.8) is 0 Å². The van der Waals surface area contributed by atoms with Gasteiger partial charge in [-0.2, -0.15) is 106 Å². The van der Waals surface area contributed by atoms with Crippen LogP contribution in [0.5, 0.6) is 0 Å². The van der Waals surface area contributed by atoms with Crippen LogP contribution in [0.15, 0.2) is 105 Å². The Balaban J connectivity index is 0.00000135. The molecule has 0 saturated carbocycles. The molecule has 3 radical (unpaired) electrons. The second-order valence-corrected chi connectivity index (χ2v) is 8.43. The van der Waals surface area contributed by atoms with E-state index >= 15 is 0 Å². The van der Waals surface area contributed by atoms with Crippen LogP contribution in [0.3, 0.4) is 0 Å². The van der Waals surface area contributed by atoms with Crippen LogP contribution in [0.4, 0.5) is 0 Å². The molecule has 9 nitrogen and oxygen atoms in total. The molecule has 7 aromatic rings. The summed E-state index contributed by atoms with van der Waals surface area (Å²) in [5.74, 6) is 2.27. The van der Waals surface area contributed by atoms with E-state index in [0.29, 0.717) is 51.8 Å². The first-order valence-electron chi connectivity index (χ1n) is 11.9. The van der Waals surface area contributed by atoms with Gasteiger partial charge in [0, 0.05) is 115 Å². The van der Waals surface area contributed by atoms with Crippen molar-refractivity contribution in [2.45, 2.75) is 0 Å². The molecule has 4 aromatic carbocycles. The molecule has 0 unspecified atom stereocenters. The van der Waals surface area contributed by atoms with Crippen molar-refractivity contribution >= 4 is 0 Å². The second-order valence-electron chi connectivity index (χ2n) is 8.43.